The molecule has 2 aliphatic rings. The van der Waals surface area contributed by atoms with Crippen LogP contribution in [0.25, 0.3) is 10.9 Å². The van der Waals surface area contributed by atoms with Crippen LogP contribution in [-0.4, -0.2) is 59.0 Å². The van der Waals surface area contributed by atoms with E-state index in [-0.39, 0.29) is 11.8 Å². The molecule has 2 aromatic carbocycles. The van der Waals surface area contributed by atoms with E-state index < -0.39 is 0 Å². The Hall–Kier alpha value is -2.63. The second-order valence-electron chi connectivity index (χ2n) is 10.9. The minimum atomic E-state index is 0.154. The first-order valence-corrected chi connectivity index (χ1v) is 13.9. The van der Waals surface area contributed by atoms with Crippen molar-refractivity contribution in [2.24, 2.45) is 5.92 Å². The van der Waals surface area contributed by atoms with Crippen molar-refractivity contribution in [1.29, 1.82) is 0 Å². The van der Waals surface area contributed by atoms with Gasteiger partial charge in [-0.15, -0.1) is 0 Å². The molecule has 0 saturated carbocycles. The first-order chi connectivity index (χ1) is 17.6. The van der Waals surface area contributed by atoms with Crippen molar-refractivity contribution < 1.29 is 4.79 Å². The Morgan fingerprint density at radius 1 is 0.972 bits per heavy atom. The van der Waals surface area contributed by atoms with Gasteiger partial charge in [-0.3, -0.25) is 9.69 Å². The number of carbonyl (C=O) groups excluding carboxylic acids is 1. The van der Waals surface area contributed by atoms with Crippen molar-refractivity contribution in [2.75, 3.05) is 32.7 Å². The molecule has 0 bridgehead atoms. The fourth-order valence-electron chi connectivity index (χ4n) is 6.04. The summed E-state index contributed by atoms with van der Waals surface area (Å²) < 4.78 is 2.48. The lowest BCUT2D eigenvalue weighted by Gasteiger charge is -2.31. The van der Waals surface area contributed by atoms with Crippen LogP contribution in [0.3, 0.4) is 0 Å². The number of aromatic nitrogens is 1. The van der Waals surface area contributed by atoms with Gasteiger partial charge in [0.05, 0.1) is 0 Å². The molecule has 1 N–H and O–H groups in total. The smallest absolute Gasteiger partial charge is 0.223 e. The molecule has 3 aromatic rings. The van der Waals surface area contributed by atoms with Gasteiger partial charge in [0, 0.05) is 42.8 Å². The number of aryl methyl sites for hydroxylation is 1. The highest BCUT2D eigenvalue weighted by atomic mass is 16.1. The quantitative estimate of drug-likeness (QED) is 0.452. The maximum atomic E-state index is 12.8. The van der Waals surface area contributed by atoms with Gasteiger partial charge in [-0.1, -0.05) is 42.5 Å². The summed E-state index contributed by atoms with van der Waals surface area (Å²) >= 11 is 0. The lowest BCUT2D eigenvalue weighted by atomic mass is 9.95. The maximum absolute atomic E-state index is 12.8. The summed E-state index contributed by atoms with van der Waals surface area (Å²) in [4.78, 5) is 17.9. The number of piperidine rings is 1. The molecular formula is C31H42N4O. The van der Waals surface area contributed by atoms with Gasteiger partial charge < -0.3 is 14.8 Å². The number of para-hydroxylation sites is 1. The molecule has 0 aliphatic carbocycles. The highest BCUT2D eigenvalue weighted by molar-refractivity contribution is 5.81. The Morgan fingerprint density at radius 3 is 2.47 bits per heavy atom. The Morgan fingerprint density at radius 2 is 1.69 bits per heavy atom. The van der Waals surface area contributed by atoms with Crippen LogP contribution in [0.4, 0.5) is 0 Å². The lowest BCUT2D eigenvalue weighted by molar-refractivity contribution is -0.126. The van der Waals surface area contributed by atoms with E-state index in [1.54, 1.807) is 0 Å². The Kier molecular flexibility index (Phi) is 8.08. The lowest BCUT2D eigenvalue weighted by Crippen LogP contribution is -2.41. The third kappa shape index (κ3) is 5.84. The number of benzene rings is 2. The van der Waals surface area contributed by atoms with Gasteiger partial charge in [-0.2, -0.15) is 0 Å². The summed E-state index contributed by atoms with van der Waals surface area (Å²) in [6, 6.07) is 20.3. The van der Waals surface area contributed by atoms with Crippen LogP contribution in [0.15, 0.2) is 54.6 Å². The fourth-order valence-corrected chi connectivity index (χ4v) is 6.04. The van der Waals surface area contributed by atoms with Gasteiger partial charge in [0.1, 0.15) is 0 Å². The summed E-state index contributed by atoms with van der Waals surface area (Å²) in [6.07, 6.45) is 5.59. The Bertz CT molecular complexity index is 1150. The predicted molar refractivity (Wildman–Crippen MR) is 148 cm³/mol. The van der Waals surface area contributed by atoms with Crippen molar-refractivity contribution in [3.05, 3.63) is 71.4 Å². The first kappa shape index (κ1) is 25.0. The van der Waals surface area contributed by atoms with Crippen LogP contribution in [0.1, 0.15) is 55.8 Å². The van der Waals surface area contributed by atoms with Crippen molar-refractivity contribution in [1.82, 2.24) is 19.7 Å². The summed E-state index contributed by atoms with van der Waals surface area (Å²) in [5.74, 6) is 0.415. The molecule has 2 fully saturated rings. The van der Waals surface area contributed by atoms with Crippen LogP contribution in [0.5, 0.6) is 0 Å². The van der Waals surface area contributed by atoms with E-state index in [0.717, 1.165) is 52.0 Å². The Balaban J connectivity index is 1.16. The van der Waals surface area contributed by atoms with E-state index in [1.165, 1.54) is 53.7 Å². The molecule has 5 heteroatoms. The van der Waals surface area contributed by atoms with Crippen LogP contribution in [-0.2, 0) is 17.9 Å². The number of rotatable bonds is 9. The summed E-state index contributed by atoms with van der Waals surface area (Å²) in [5.41, 5.74) is 5.36. The summed E-state index contributed by atoms with van der Waals surface area (Å²) in [7, 11) is 0. The zero-order valence-corrected chi connectivity index (χ0v) is 22.1. The molecular weight excluding hydrogens is 444 g/mol. The highest BCUT2D eigenvalue weighted by Gasteiger charge is 2.26. The zero-order chi connectivity index (χ0) is 24.9. The maximum Gasteiger partial charge on any atom is 0.223 e. The number of fused-ring (bicyclic) bond motifs is 1. The normalized spacial score (nSPS) is 18.6. The SMILES string of the molecule is Cc1ccccc1Cn1c(CN2CCC(C(=O)NCC[C@H](C)N3CCCC3)CC2)cc2ccccc21. The number of carbonyl (C=O) groups is 1. The first-order valence-electron chi connectivity index (χ1n) is 13.9. The Labute approximate surface area is 216 Å². The predicted octanol–water partition coefficient (Wildman–Crippen LogP) is 5.20. The monoisotopic (exact) mass is 486 g/mol. The molecule has 0 spiro atoms. The molecule has 0 radical (unpaired) electrons. The van der Waals surface area contributed by atoms with Gasteiger partial charge in [0.15, 0.2) is 0 Å². The van der Waals surface area contributed by atoms with Crippen LogP contribution in [0, 0.1) is 12.8 Å². The summed E-state index contributed by atoms with van der Waals surface area (Å²) in [6.45, 7) is 11.5. The molecule has 3 heterocycles. The van der Waals surface area contributed by atoms with E-state index in [1.807, 2.05) is 0 Å². The topological polar surface area (TPSA) is 40.5 Å². The van der Waals surface area contributed by atoms with Crippen molar-refractivity contribution in [3.8, 4) is 0 Å². The number of hydrogen-bond acceptors (Lipinski definition) is 3. The molecule has 2 saturated heterocycles. The minimum absolute atomic E-state index is 0.154. The van der Waals surface area contributed by atoms with Crippen molar-refractivity contribution in [2.45, 2.75) is 65.1 Å². The van der Waals surface area contributed by atoms with E-state index >= 15 is 0 Å². The second-order valence-corrected chi connectivity index (χ2v) is 10.9. The fraction of sp³-hybridized carbons (Fsp3) is 0.516. The zero-order valence-electron chi connectivity index (χ0n) is 22.1. The largest absolute Gasteiger partial charge is 0.356 e. The third-order valence-electron chi connectivity index (χ3n) is 8.46. The number of hydrogen-bond donors (Lipinski definition) is 1. The van der Waals surface area contributed by atoms with Crippen LogP contribution >= 0.6 is 0 Å². The van der Waals surface area contributed by atoms with Crippen molar-refractivity contribution >= 4 is 16.8 Å². The van der Waals surface area contributed by atoms with Gasteiger partial charge in [-0.25, -0.2) is 0 Å². The number of amides is 1. The van der Waals surface area contributed by atoms with Crippen LogP contribution < -0.4 is 5.32 Å². The second kappa shape index (κ2) is 11.6. The van der Waals surface area contributed by atoms with Gasteiger partial charge >= 0.3 is 0 Å². The van der Waals surface area contributed by atoms with E-state index in [4.69, 9.17) is 0 Å². The van der Waals surface area contributed by atoms with Gasteiger partial charge in [-0.05, 0) is 101 Å². The summed E-state index contributed by atoms with van der Waals surface area (Å²) in [5, 5.41) is 4.55. The molecule has 192 valence electrons. The number of likely N-dealkylation sites (tertiary alicyclic amines) is 2. The molecule has 1 aromatic heterocycles. The highest BCUT2D eigenvalue weighted by Crippen LogP contribution is 2.25. The third-order valence-corrected chi connectivity index (χ3v) is 8.46. The molecule has 2 aliphatic heterocycles. The molecule has 1 amide bonds. The van der Waals surface area contributed by atoms with Crippen molar-refractivity contribution in [3.63, 3.8) is 0 Å². The molecule has 5 nitrogen and oxygen atoms in total. The van der Waals surface area contributed by atoms with E-state index in [2.05, 4.69) is 88.1 Å². The molecule has 0 unspecified atom stereocenters. The average molecular weight is 487 g/mol. The average Bonchev–Trinajstić information content (AvgIpc) is 3.55. The van der Waals surface area contributed by atoms with E-state index in [9.17, 15) is 4.79 Å². The van der Waals surface area contributed by atoms with Gasteiger partial charge in [0.25, 0.3) is 0 Å². The van der Waals surface area contributed by atoms with Gasteiger partial charge in [0.2, 0.25) is 5.91 Å². The standard InChI is InChI=1S/C31H42N4O/c1-24-9-3-4-11-28(24)22-35-29(21-27-10-5-6-12-30(27)35)23-33-19-14-26(15-20-33)31(36)32-16-13-25(2)34-17-7-8-18-34/h3-6,9-12,21,25-26H,7-8,13-20,22-23H2,1-2H3,(H,32,36)/t25-/m0/s1. The minimum Gasteiger partial charge on any atom is -0.356 e. The van der Waals surface area contributed by atoms with Crippen LogP contribution in [0.2, 0.25) is 0 Å². The molecule has 36 heavy (non-hydrogen) atoms. The molecule has 1 atom stereocenters. The van der Waals surface area contributed by atoms with E-state index in [0.29, 0.717) is 6.04 Å². The molecule has 5 rings (SSSR count). The number of nitrogens with zero attached hydrogens (tertiary/aromatic N) is 3. The number of nitrogens with one attached hydrogen (secondary N) is 1.